The second-order valence-corrected chi connectivity index (χ2v) is 12.7. The predicted molar refractivity (Wildman–Crippen MR) is 167 cm³/mol. The van der Waals surface area contributed by atoms with Gasteiger partial charge in [-0.1, -0.05) is 23.7 Å². The van der Waals surface area contributed by atoms with E-state index in [4.69, 9.17) is 35.9 Å². The molecule has 0 N–H and O–H groups in total. The van der Waals surface area contributed by atoms with Crippen LogP contribution in [0.2, 0.25) is 5.02 Å². The van der Waals surface area contributed by atoms with Crippen LogP contribution in [0.15, 0.2) is 42.6 Å². The largest absolute Gasteiger partial charge is 0.362 e. The average molecular weight is 610 g/mol. The molecule has 2 aromatic heterocycles. The summed E-state index contributed by atoms with van der Waals surface area (Å²) in [4.78, 5) is 35.0. The number of anilines is 1. The molecule has 0 spiro atoms. The number of rotatable bonds is 8. The van der Waals surface area contributed by atoms with Gasteiger partial charge in [0.15, 0.2) is 5.78 Å². The van der Waals surface area contributed by atoms with Gasteiger partial charge in [-0.25, -0.2) is 15.0 Å². The Labute approximate surface area is 255 Å². The van der Waals surface area contributed by atoms with Gasteiger partial charge in [0.05, 0.1) is 29.5 Å². The summed E-state index contributed by atoms with van der Waals surface area (Å²) in [6.45, 7) is 11.4. The summed E-state index contributed by atoms with van der Waals surface area (Å²) >= 11 is 7.80. The minimum Gasteiger partial charge on any atom is -0.362 e. The highest BCUT2D eigenvalue weighted by atomic mass is 35.5. The molecule has 1 aliphatic heterocycles. The van der Waals surface area contributed by atoms with E-state index >= 15 is 0 Å². The molecule has 4 aromatic rings. The fourth-order valence-corrected chi connectivity index (χ4v) is 6.42. The van der Waals surface area contributed by atoms with Crippen molar-refractivity contribution in [2.75, 3.05) is 38.8 Å². The van der Waals surface area contributed by atoms with Crippen molar-refractivity contribution in [1.82, 2.24) is 20.0 Å². The lowest BCUT2D eigenvalue weighted by Gasteiger charge is -2.38. The number of piperazine rings is 1. The van der Waals surface area contributed by atoms with Gasteiger partial charge in [0, 0.05) is 42.5 Å². The highest BCUT2D eigenvalue weighted by Gasteiger charge is 2.31. The maximum Gasteiger partial charge on any atom is 0.226 e. The first kappa shape index (κ1) is 30.5. The van der Waals surface area contributed by atoms with Crippen molar-refractivity contribution in [2.24, 2.45) is 0 Å². The first-order chi connectivity index (χ1) is 20.0. The number of benzene rings is 2. The zero-order valence-corrected chi connectivity index (χ0v) is 26.5. The molecule has 2 aromatic carbocycles. The number of hydrogen-bond donors (Lipinski definition) is 0. The Bertz CT molecular complexity index is 1590. The lowest BCUT2D eigenvalue weighted by molar-refractivity contribution is -0.232. The summed E-state index contributed by atoms with van der Waals surface area (Å²) in [5, 5.41) is 3.21. The number of hydroxylamine groups is 2. The van der Waals surface area contributed by atoms with Gasteiger partial charge in [0.1, 0.15) is 23.0 Å². The number of thiazole rings is 1. The number of carbonyl (C=O) groups is 1. The summed E-state index contributed by atoms with van der Waals surface area (Å²) in [6.07, 6.45) is 0.788. The van der Waals surface area contributed by atoms with Crippen LogP contribution in [-0.4, -0.2) is 71.5 Å². The molecule has 9 nitrogen and oxygen atoms in total. The van der Waals surface area contributed by atoms with Crippen LogP contribution < -0.4 is 4.90 Å². The van der Waals surface area contributed by atoms with Gasteiger partial charge in [-0.15, -0.1) is 11.3 Å². The van der Waals surface area contributed by atoms with Crippen LogP contribution >= 0.6 is 22.9 Å². The minimum atomic E-state index is -0.740. The standard InChI is InChI=1S/C31H36ClN5O4S/c1-18-16-23-28(26(20-8-10-21(32)11-9-20)25(18)27(19(2)38)41-31(3,4)5)42-29(34-23)22-12-13-33-30(35-22)36-14-15-37(40-7)24(17-36)39-6/h8-13,16,24,27H,14-15,17H2,1-7H3/t24?,27-/m1/s1. The molecule has 0 amide bonds. The molecule has 1 aliphatic rings. The lowest BCUT2D eigenvalue weighted by atomic mass is 9.90. The van der Waals surface area contributed by atoms with Crippen LogP contribution in [0.3, 0.4) is 0 Å². The Morgan fingerprint density at radius 1 is 1.12 bits per heavy atom. The van der Waals surface area contributed by atoms with Gasteiger partial charge in [-0.3, -0.25) is 9.63 Å². The molecule has 11 heteroatoms. The number of halogens is 1. The van der Waals surface area contributed by atoms with Crippen LogP contribution in [0.4, 0.5) is 5.95 Å². The van der Waals surface area contributed by atoms with Crippen LogP contribution in [0.25, 0.3) is 32.0 Å². The van der Waals surface area contributed by atoms with Crippen molar-refractivity contribution in [3.8, 4) is 21.8 Å². The monoisotopic (exact) mass is 609 g/mol. The zero-order valence-electron chi connectivity index (χ0n) is 25.0. The third-order valence-corrected chi connectivity index (χ3v) is 8.47. The number of ether oxygens (including phenoxy) is 2. The zero-order chi connectivity index (χ0) is 30.2. The molecule has 2 atom stereocenters. The summed E-state index contributed by atoms with van der Waals surface area (Å²) in [5.74, 6) is 0.547. The number of Topliss-reactive ketones (excluding diaryl/α,β-unsaturated/α-hetero) is 1. The first-order valence-electron chi connectivity index (χ1n) is 13.8. The van der Waals surface area contributed by atoms with E-state index in [1.807, 2.05) is 69.2 Å². The number of ketones is 1. The number of carbonyl (C=O) groups excluding carboxylic acids is 1. The van der Waals surface area contributed by atoms with E-state index in [0.717, 1.165) is 43.2 Å². The highest BCUT2D eigenvalue weighted by Crippen LogP contribution is 2.44. The summed E-state index contributed by atoms with van der Waals surface area (Å²) in [5.41, 5.74) is 4.65. The molecule has 222 valence electrons. The van der Waals surface area contributed by atoms with E-state index in [2.05, 4.69) is 9.88 Å². The topological polar surface area (TPSA) is 89.9 Å². The molecule has 42 heavy (non-hydrogen) atoms. The number of methoxy groups -OCH3 is 1. The van der Waals surface area contributed by atoms with Gasteiger partial charge >= 0.3 is 0 Å². The summed E-state index contributed by atoms with van der Waals surface area (Å²) in [6, 6.07) is 11.6. The van der Waals surface area contributed by atoms with E-state index < -0.39 is 11.7 Å². The van der Waals surface area contributed by atoms with Crippen LogP contribution in [-0.2, 0) is 19.1 Å². The van der Waals surface area contributed by atoms with E-state index in [1.54, 1.807) is 27.3 Å². The van der Waals surface area contributed by atoms with Crippen molar-refractivity contribution in [2.45, 2.75) is 52.6 Å². The van der Waals surface area contributed by atoms with E-state index in [-0.39, 0.29) is 12.0 Å². The molecule has 0 saturated carbocycles. The number of aryl methyl sites for hydroxylation is 1. The second-order valence-electron chi connectivity index (χ2n) is 11.3. The third kappa shape index (κ3) is 6.34. The lowest BCUT2D eigenvalue weighted by Crippen LogP contribution is -2.53. The Kier molecular flexibility index (Phi) is 8.94. The molecule has 0 aliphatic carbocycles. The molecule has 1 saturated heterocycles. The highest BCUT2D eigenvalue weighted by molar-refractivity contribution is 7.22. The molecule has 1 fully saturated rings. The Hall–Kier alpha value is -2.99. The van der Waals surface area contributed by atoms with Crippen molar-refractivity contribution in [3.05, 3.63) is 58.7 Å². The van der Waals surface area contributed by atoms with Crippen LogP contribution in [0.1, 0.15) is 44.9 Å². The SMILES string of the molecule is COC1CN(c2nccc(-c3nc4cc(C)c([C@H](OC(C)(C)C)C(C)=O)c(-c5ccc(Cl)cc5)c4s3)n2)CCN1OC. The molecule has 5 rings (SSSR count). The van der Waals surface area contributed by atoms with E-state index in [9.17, 15) is 4.79 Å². The number of hydrogen-bond acceptors (Lipinski definition) is 10. The van der Waals surface area contributed by atoms with Crippen LogP contribution in [0.5, 0.6) is 0 Å². The van der Waals surface area contributed by atoms with Crippen molar-refractivity contribution >= 4 is 44.9 Å². The first-order valence-corrected chi connectivity index (χ1v) is 15.0. The molecule has 0 bridgehead atoms. The summed E-state index contributed by atoms with van der Waals surface area (Å²) < 4.78 is 12.9. The van der Waals surface area contributed by atoms with Crippen LogP contribution in [0, 0.1) is 6.92 Å². The Morgan fingerprint density at radius 2 is 1.86 bits per heavy atom. The average Bonchev–Trinajstić information content (AvgIpc) is 3.38. The van der Waals surface area contributed by atoms with E-state index in [1.165, 1.54) is 11.3 Å². The minimum absolute atomic E-state index is 0.0595. The molecule has 1 unspecified atom stereocenters. The van der Waals surface area contributed by atoms with Gasteiger partial charge < -0.3 is 14.4 Å². The van der Waals surface area contributed by atoms with E-state index in [0.29, 0.717) is 30.6 Å². The molecular weight excluding hydrogens is 574 g/mol. The Morgan fingerprint density at radius 3 is 2.50 bits per heavy atom. The molecular formula is C31H36ClN5O4S. The summed E-state index contributed by atoms with van der Waals surface area (Å²) in [7, 11) is 3.31. The maximum atomic E-state index is 13.0. The van der Waals surface area contributed by atoms with Gasteiger partial charge in [-0.05, 0) is 70.0 Å². The fourth-order valence-electron chi connectivity index (χ4n) is 5.20. The predicted octanol–water partition coefficient (Wildman–Crippen LogP) is 6.48. The molecule has 0 radical (unpaired) electrons. The number of fused-ring (bicyclic) bond motifs is 1. The number of nitrogens with zero attached hydrogens (tertiary/aromatic N) is 5. The third-order valence-electron chi connectivity index (χ3n) is 7.10. The van der Waals surface area contributed by atoms with Gasteiger partial charge in [0.2, 0.25) is 5.95 Å². The smallest absolute Gasteiger partial charge is 0.226 e. The van der Waals surface area contributed by atoms with Gasteiger partial charge in [0.25, 0.3) is 0 Å². The number of aromatic nitrogens is 3. The van der Waals surface area contributed by atoms with Crippen molar-refractivity contribution in [3.63, 3.8) is 0 Å². The second kappa shape index (κ2) is 12.3. The van der Waals surface area contributed by atoms with Crippen molar-refractivity contribution in [1.29, 1.82) is 0 Å². The normalized spacial score (nSPS) is 17.1. The fraction of sp³-hybridized carbons (Fsp3) is 0.419. The maximum absolute atomic E-state index is 13.0. The Balaban J connectivity index is 1.63. The van der Waals surface area contributed by atoms with Crippen molar-refractivity contribution < 1.29 is 19.1 Å². The van der Waals surface area contributed by atoms with Gasteiger partial charge in [-0.2, -0.15) is 5.06 Å². The quantitative estimate of drug-likeness (QED) is 0.222. The molecule has 3 heterocycles.